The molecule has 0 atom stereocenters. The molecule has 0 fully saturated rings. The molecule has 0 unspecified atom stereocenters. The summed E-state index contributed by atoms with van der Waals surface area (Å²) in [6, 6.07) is 3.03. The first-order valence-electron chi connectivity index (χ1n) is 5.53. The zero-order valence-electron chi connectivity index (χ0n) is 9.69. The fourth-order valence-corrected chi connectivity index (χ4v) is 1.45. The predicted molar refractivity (Wildman–Crippen MR) is 63.5 cm³/mol. The summed E-state index contributed by atoms with van der Waals surface area (Å²) in [4.78, 5) is 18.3. The van der Waals surface area contributed by atoms with E-state index >= 15 is 0 Å². The van der Waals surface area contributed by atoms with Crippen LogP contribution in [0.25, 0.3) is 0 Å². The van der Waals surface area contributed by atoms with Crippen LogP contribution >= 0.6 is 0 Å². The highest BCUT2D eigenvalue weighted by atomic mass is 16.5. The molecule has 0 aliphatic carbocycles. The summed E-state index contributed by atoms with van der Waals surface area (Å²) < 4.78 is 7.42. The smallest absolute Gasteiger partial charge is 0.354 e. The Morgan fingerprint density at radius 1 is 1.44 bits per heavy atom. The van der Waals surface area contributed by atoms with Crippen molar-refractivity contribution in [2.45, 2.75) is 13.0 Å². The second-order valence-corrected chi connectivity index (χ2v) is 3.69. The third kappa shape index (κ3) is 3.31. The maximum absolute atomic E-state index is 10.6. The summed E-state index contributed by atoms with van der Waals surface area (Å²) in [5.41, 5.74) is 0.0146. The van der Waals surface area contributed by atoms with Crippen LogP contribution in [0, 0.1) is 0 Å². The summed E-state index contributed by atoms with van der Waals surface area (Å²) in [7, 11) is 0. The van der Waals surface area contributed by atoms with Crippen LogP contribution in [0.4, 0.5) is 0 Å². The van der Waals surface area contributed by atoms with E-state index < -0.39 is 5.97 Å². The number of carboxylic acids is 1. The molecule has 0 spiro atoms. The molecule has 2 aromatic heterocycles. The van der Waals surface area contributed by atoms with Gasteiger partial charge in [0.2, 0.25) is 0 Å². The number of pyridine rings is 1. The molecule has 2 heterocycles. The van der Waals surface area contributed by atoms with Gasteiger partial charge in [-0.15, -0.1) is 0 Å². The maximum atomic E-state index is 10.6. The Labute approximate surface area is 104 Å². The van der Waals surface area contributed by atoms with Crippen molar-refractivity contribution >= 4 is 5.97 Å². The van der Waals surface area contributed by atoms with E-state index in [4.69, 9.17) is 9.84 Å². The number of hydrogen-bond donors (Lipinski definition) is 1. The van der Waals surface area contributed by atoms with Crippen molar-refractivity contribution in [2.75, 3.05) is 6.61 Å². The fourth-order valence-electron chi connectivity index (χ4n) is 1.45. The molecule has 0 aliphatic rings. The van der Waals surface area contributed by atoms with Gasteiger partial charge in [-0.25, -0.2) is 14.8 Å². The van der Waals surface area contributed by atoms with Crippen molar-refractivity contribution in [3.8, 4) is 5.75 Å². The van der Waals surface area contributed by atoms with Crippen LogP contribution in [0.3, 0.4) is 0 Å². The minimum atomic E-state index is -1.04. The Morgan fingerprint density at radius 3 is 2.94 bits per heavy atom. The average molecular weight is 247 g/mol. The van der Waals surface area contributed by atoms with Gasteiger partial charge in [-0.05, 0) is 18.6 Å². The third-order valence-electron chi connectivity index (χ3n) is 2.34. The summed E-state index contributed by atoms with van der Waals surface area (Å²) in [6.45, 7) is 1.38. The Balaban J connectivity index is 1.75. The lowest BCUT2D eigenvalue weighted by Crippen LogP contribution is -2.04. The van der Waals surface area contributed by atoms with E-state index in [1.165, 1.54) is 12.3 Å². The lowest BCUT2D eigenvalue weighted by Gasteiger charge is -2.06. The van der Waals surface area contributed by atoms with E-state index in [-0.39, 0.29) is 5.69 Å². The normalized spacial score (nSPS) is 10.2. The molecule has 0 radical (unpaired) electrons. The van der Waals surface area contributed by atoms with Gasteiger partial charge in [0.1, 0.15) is 11.4 Å². The number of carbonyl (C=O) groups is 1. The number of hydrogen-bond acceptors (Lipinski definition) is 4. The Hall–Kier alpha value is -2.37. The lowest BCUT2D eigenvalue weighted by molar-refractivity contribution is 0.0690. The van der Waals surface area contributed by atoms with Gasteiger partial charge < -0.3 is 14.4 Å². The van der Waals surface area contributed by atoms with Gasteiger partial charge in [0, 0.05) is 18.9 Å². The zero-order chi connectivity index (χ0) is 12.8. The number of nitrogens with zero attached hydrogens (tertiary/aromatic N) is 3. The van der Waals surface area contributed by atoms with Gasteiger partial charge in [-0.3, -0.25) is 0 Å². The molecule has 0 amide bonds. The molecular weight excluding hydrogens is 234 g/mol. The Bertz CT molecular complexity index is 494. The van der Waals surface area contributed by atoms with E-state index in [0.29, 0.717) is 12.4 Å². The SMILES string of the molecule is O=C(O)c1ccc(OCCCn2ccnc2)cn1. The predicted octanol–water partition coefficient (Wildman–Crippen LogP) is 1.45. The van der Waals surface area contributed by atoms with Crippen LogP contribution in [0.5, 0.6) is 5.75 Å². The fraction of sp³-hybridized carbons (Fsp3) is 0.250. The first-order chi connectivity index (χ1) is 8.75. The number of rotatable bonds is 6. The van der Waals surface area contributed by atoms with E-state index in [9.17, 15) is 4.79 Å². The van der Waals surface area contributed by atoms with Gasteiger partial charge in [0.05, 0.1) is 19.1 Å². The molecule has 2 aromatic rings. The van der Waals surface area contributed by atoms with Gasteiger partial charge in [0.15, 0.2) is 0 Å². The van der Waals surface area contributed by atoms with Crippen LogP contribution in [0.1, 0.15) is 16.9 Å². The highest BCUT2D eigenvalue weighted by Crippen LogP contribution is 2.09. The molecule has 0 saturated carbocycles. The molecule has 0 aromatic carbocycles. The number of aromatic nitrogens is 3. The van der Waals surface area contributed by atoms with Crippen molar-refractivity contribution in [3.63, 3.8) is 0 Å². The van der Waals surface area contributed by atoms with Crippen molar-refractivity contribution in [1.29, 1.82) is 0 Å². The van der Waals surface area contributed by atoms with E-state index in [1.807, 2.05) is 10.8 Å². The van der Waals surface area contributed by atoms with E-state index in [0.717, 1.165) is 13.0 Å². The average Bonchev–Trinajstić information content (AvgIpc) is 2.88. The number of aryl methyl sites for hydroxylation is 1. The van der Waals surface area contributed by atoms with Crippen molar-refractivity contribution in [2.24, 2.45) is 0 Å². The molecule has 1 N–H and O–H groups in total. The largest absolute Gasteiger partial charge is 0.492 e. The molecule has 0 saturated heterocycles. The van der Waals surface area contributed by atoms with Crippen LogP contribution in [0.15, 0.2) is 37.1 Å². The molecule has 6 heteroatoms. The lowest BCUT2D eigenvalue weighted by atomic mass is 10.3. The monoisotopic (exact) mass is 247 g/mol. The van der Waals surface area contributed by atoms with Crippen LogP contribution < -0.4 is 4.74 Å². The molecule has 18 heavy (non-hydrogen) atoms. The van der Waals surface area contributed by atoms with Crippen molar-refractivity contribution in [3.05, 3.63) is 42.7 Å². The van der Waals surface area contributed by atoms with Crippen LogP contribution in [-0.2, 0) is 6.54 Å². The molecule has 2 rings (SSSR count). The summed E-state index contributed by atoms with van der Waals surface area (Å²) in [6.07, 6.45) is 7.64. The van der Waals surface area contributed by atoms with E-state index in [2.05, 4.69) is 9.97 Å². The number of aromatic carboxylic acids is 1. The quantitative estimate of drug-likeness (QED) is 0.781. The maximum Gasteiger partial charge on any atom is 0.354 e. The number of imidazole rings is 1. The third-order valence-corrected chi connectivity index (χ3v) is 2.34. The van der Waals surface area contributed by atoms with Gasteiger partial charge in [-0.1, -0.05) is 0 Å². The summed E-state index contributed by atoms with van der Waals surface area (Å²) in [5.74, 6) is -0.465. The van der Waals surface area contributed by atoms with E-state index in [1.54, 1.807) is 18.6 Å². The van der Waals surface area contributed by atoms with Gasteiger partial charge in [-0.2, -0.15) is 0 Å². The number of carboxylic acid groups (broad SMARTS) is 1. The molecule has 0 bridgehead atoms. The molecule has 94 valence electrons. The molecule has 0 aliphatic heterocycles. The minimum absolute atomic E-state index is 0.0146. The summed E-state index contributed by atoms with van der Waals surface area (Å²) in [5, 5.41) is 8.68. The minimum Gasteiger partial charge on any atom is -0.492 e. The topological polar surface area (TPSA) is 77.2 Å². The van der Waals surface area contributed by atoms with Crippen molar-refractivity contribution < 1.29 is 14.6 Å². The summed E-state index contributed by atoms with van der Waals surface area (Å²) >= 11 is 0. The Kier molecular flexibility index (Phi) is 3.90. The highest BCUT2D eigenvalue weighted by molar-refractivity contribution is 5.85. The molecule has 6 nitrogen and oxygen atoms in total. The Morgan fingerprint density at radius 2 is 2.33 bits per heavy atom. The first kappa shape index (κ1) is 12.1. The van der Waals surface area contributed by atoms with Crippen LogP contribution in [0.2, 0.25) is 0 Å². The van der Waals surface area contributed by atoms with Gasteiger partial charge in [0.25, 0.3) is 0 Å². The highest BCUT2D eigenvalue weighted by Gasteiger charge is 2.03. The first-order valence-corrected chi connectivity index (χ1v) is 5.53. The standard InChI is InChI=1S/C12H13N3O3/c16-12(17)11-3-2-10(8-14-11)18-7-1-5-15-6-4-13-9-15/h2-4,6,8-9H,1,5,7H2,(H,16,17). The second kappa shape index (κ2) is 5.81. The molecular formula is C12H13N3O3. The van der Waals surface area contributed by atoms with Gasteiger partial charge >= 0.3 is 5.97 Å². The van der Waals surface area contributed by atoms with Crippen molar-refractivity contribution in [1.82, 2.24) is 14.5 Å². The second-order valence-electron chi connectivity index (χ2n) is 3.69. The number of ether oxygens (including phenoxy) is 1. The zero-order valence-corrected chi connectivity index (χ0v) is 9.69. The van der Waals surface area contributed by atoms with Crippen LogP contribution in [-0.4, -0.2) is 32.2 Å².